The Morgan fingerprint density at radius 1 is 0.844 bits per heavy atom. The third-order valence-corrected chi connectivity index (χ3v) is 4.56. The second-order valence-electron chi connectivity index (χ2n) is 7.14. The summed E-state index contributed by atoms with van der Waals surface area (Å²) in [5.41, 5.74) is 1.61. The van der Waals surface area contributed by atoms with Crippen molar-refractivity contribution in [2.24, 2.45) is 0 Å². The Balaban J connectivity index is 1.80. The van der Waals surface area contributed by atoms with Crippen LogP contribution in [0.2, 0.25) is 0 Å². The molecule has 1 heterocycles. The fourth-order valence-corrected chi connectivity index (χ4v) is 3.08. The van der Waals surface area contributed by atoms with E-state index in [0.717, 1.165) is 4.73 Å². The molecule has 2 aromatic carbocycles. The maximum Gasteiger partial charge on any atom is 0.333 e. The molecule has 0 atom stereocenters. The quantitative estimate of drug-likeness (QED) is 0.220. The second-order valence-corrected chi connectivity index (χ2v) is 7.14. The van der Waals surface area contributed by atoms with Crippen molar-refractivity contribution in [1.82, 2.24) is 4.73 Å². The molecule has 8 heteroatoms. The van der Waals surface area contributed by atoms with E-state index in [1.54, 1.807) is 44.2 Å². The van der Waals surface area contributed by atoms with Crippen LogP contribution in [0.3, 0.4) is 0 Å². The van der Waals surface area contributed by atoms with Crippen LogP contribution in [-0.4, -0.2) is 48.3 Å². The molecule has 0 aliphatic rings. The number of fused-ring (bicyclic) bond motifs is 3. The van der Waals surface area contributed by atoms with Gasteiger partial charge in [-0.25, -0.2) is 9.59 Å². The van der Waals surface area contributed by atoms with Crippen LogP contribution in [0, 0.1) is 0 Å². The summed E-state index contributed by atoms with van der Waals surface area (Å²) in [6, 6.07) is 10.6. The Kier molecular flexibility index (Phi) is 7.04. The van der Waals surface area contributed by atoms with E-state index in [0.29, 0.717) is 44.5 Å². The van der Waals surface area contributed by atoms with Crippen LogP contribution in [0.15, 0.2) is 60.7 Å². The van der Waals surface area contributed by atoms with E-state index in [1.165, 1.54) is 0 Å². The normalized spacial score (nSPS) is 10.7. The summed E-state index contributed by atoms with van der Waals surface area (Å²) in [4.78, 5) is 23.0. The first-order chi connectivity index (χ1) is 15.3. The Morgan fingerprint density at radius 3 is 1.97 bits per heavy atom. The van der Waals surface area contributed by atoms with Crippen LogP contribution < -0.4 is 9.47 Å². The van der Waals surface area contributed by atoms with Gasteiger partial charge in [-0.1, -0.05) is 31.4 Å². The van der Waals surface area contributed by atoms with Crippen LogP contribution in [0.1, 0.15) is 13.8 Å². The van der Waals surface area contributed by atoms with Crippen molar-refractivity contribution in [3.8, 4) is 11.5 Å². The predicted molar refractivity (Wildman–Crippen MR) is 119 cm³/mol. The van der Waals surface area contributed by atoms with E-state index < -0.39 is 11.9 Å². The minimum atomic E-state index is -0.487. The first kappa shape index (κ1) is 22.7. The van der Waals surface area contributed by atoms with E-state index in [2.05, 4.69) is 13.2 Å². The third-order valence-electron chi connectivity index (χ3n) is 4.56. The number of ether oxygens (including phenoxy) is 4. The van der Waals surface area contributed by atoms with Crippen LogP contribution >= 0.6 is 0 Å². The smallest absolute Gasteiger partial charge is 0.333 e. The van der Waals surface area contributed by atoms with Gasteiger partial charge in [-0.05, 0) is 32.0 Å². The van der Waals surface area contributed by atoms with Gasteiger partial charge in [0.2, 0.25) is 0 Å². The molecule has 0 saturated heterocycles. The molecular formula is C24H25NO7. The number of aromatic nitrogens is 1. The van der Waals surface area contributed by atoms with Crippen LogP contribution in [0.5, 0.6) is 11.5 Å². The molecule has 0 saturated carbocycles. The standard InChI is InChI=1S/C24H25NO7/c1-15(2)23(26)31-13-11-29-19-9-6-8-18-21(19)17-7-5-10-20(22(17)25(18)28)30-12-14-32-24(27)16(3)4/h5-10,28H,1,3,11-14H2,2,4H3. The van der Waals surface area contributed by atoms with Crippen LogP contribution in [-0.2, 0) is 19.1 Å². The molecule has 0 aliphatic carbocycles. The van der Waals surface area contributed by atoms with E-state index in [9.17, 15) is 14.8 Å². The highest BCUT2D eigenvalue weighted by Crippen LogP contribution is 2.38. The van der Waals surface area contributed by atoms with Gasteiger partial charge in [-0.3, -0.25) is 0 Å². The first-order valence-electron chi connectivity index (χ1n) is 9.97. The molecule has 0 unspecified atom stereocenters. The molecule has 8 nitrogen and oxygen atoms in total. The minimum Gasteiger partial charge on any atom is -0.489 e. The topological polar surface area (TPSA) is 96.2 Å². The zero-order valence-corrected chi connectivity index (χ0v) is 18.1. The van der Waals surface area contributed by atoms with Crippen molar-refractivity contribution in [2.75, 3.05) is 26.4 Å². The summed E-state index contributed by atoms with van der Waals surface area (Å²) in [6.07, 6.45) is 0. The largest absolute Gasteiger partial charge is 0.489 e. The lowest BCUT2D eigenvalue weighted by molar-refractivity contribution is -0.140. The van der Waals surface area contributed by atoms with Gasteiger partial charge in [0.25, 0.3) is 0 Å². The molecule has 0 aliphatic heterocycles. The van der Waals surface area contributed by atoms with Gasteiger partial charge in [0, 0.05) is 16.5 Å². The lowest BCUT2D eigenvalue weighted by atomic mass is 10.1. The Hall–Kier alpha value is -3.94. The first-order valence-corrected chi connectivity index (χ1v) is 9.97. The lowest BCUT2D eigenvalue weighted by Gasteiger charge is -2.09. The molecular weight excluding hydrogens is 414 g/mol. The average Bonchev–Trinajstić information content (AvgIpc) is 3.07. The maximum atomic E-state index is 11.5. The SMILES string of the molecule is C=C(C)C(=O)OCCOc1cccc2c1c1cccc(OCCOC(=O)C(=C)C)c1n2O. The Morgan fingerprint density at radius 2 is 1.38 bits per heavy atom. The zero-order chi connectivity index (χ0) is 23.3. The molecule has 1 N–H and O–H groups in total. The molecule has 3 rings (SSSR count). The molecule has 0 amide bonds. The highest BCUT2D eigenvalue weighted by atomic mass is 16.6. The number of rotatable bonds is 10. The lowest BCUT2D eigenvalue weighted by Crippen LogP contribution is -2.12. The maximum absolute atomic E-state index is 11.5. The summed E-state index contributed by atoms with van der Waals surface area (Å²) >= 11 is 0. The van der Waals surface area contributed by atoms with Gasteiger partial charge in [-0.2, -0.15) is 4.73 Å². The van der Waals surface area contributed by atoms with Crippen molar-refractivity contribution in [1.29, 1.82) is 0 Å². The Bertz CT molecular complexity index is 1190. The fourth-order valence-electron chi connectivity index (χ4n) is 3.08. The zero-order valence-electron chi connectivity index (χ0n) is 18.1. The Labute approximate surface area is 185 Å². The monoisotopic (exact) mass is 439 g/mol. The van der Waals surface area contributed by atoms with E-state index >= 15 is 0 Å². The highest BCUT2D eigenvalue weighted by Gasteiger charge is 2.18. The molecule has 3 aromatic rings. The number of para-hydroxylation sites is 1. The second kappa shape index (κ2) is 9.91. The predicted octanol–water partition coefficient (Wildman–Crippen LogP) is 4.03. The van der Waals surface area contributed by atoms with Crippen molar-refractivity contribution < 1.29 is 33.7 Å². The van der Waals surface area contributed by atoms with Crippen LogP contribution in [0.25, 0.3) is 21.8 Å². The molecule has 0 bridgehead atoms. The number of esters is 2. The average molecular weight is 439 g/mol. The van der Waals surface area contributed by atoms with Crippen LogP contribution in [0.4, 0.5) is 0 Å². The van der Waals surface area contributed by atoms with Gasteiger partial charge in [0.05, 0.1) is 10.9 Å². The molecule has 0 fully saturated rings. The molecule has 0 spiro atoms. The van der Waals surface area contributed by atoms with Gasteiger partial charge in [0.15, 0.2) is 0 Å². The number of hydrogen-bond donors (Lipinski definition) is 1. The summed E-state index contributed by atoms with van der Waals surface area (Å²) < 4.78 is 22.7. The fraction of sp³-hybridized carbons (Fsp3) is 0.250. The summed E-state index contributed by atoms with van der Waals surface area (Å²) in [5, 5.41) is 12.2. The van der Waals surface area contributed by atoms with Crippen molar-refractivity contribution in [2.45, 2.75) is 13.8 Å². The van der Waals surface area contributed by atoms with Crippen molar-refractivity contribution in [3.05, 3.63) is 60.7 Å². The number of carbonyl (C=O) groups is 2. The van der Waals surface area contributed by atoms with E-state index in [-0.39, 0.29) is 26.4 Å². The molecule has 0 radical (unpaired) electrons. The summed E-state index contributed by atoms with van der Waals surface area (Å²) in [7, 11) is 0. The van der Waals surface area contributed by atoms with Gasteiger partial charge in [0.1, 0.15) is 43.4 Å². The van der Waals surface area contributed by atoms with Crippen molar-refractivity contribution >= 4 is 33.7 Å². The van der Waals surface area contributed by atoms with Crippen molar-refractivity contribution in [3.63, 3.8) is 0 Å². The molecule has 168 valence electrons. The van der Waals surface area contributed by atoms with Gasteiger partial charge < -0.3 is 24.2 Å². The van der Waals surface area contributed by atoms with E-state index in [1.807, 2.05) is 6.07 Å². The summed E-state index contributed by atoms with van der Waals surface area (Å²) in [6.45, 7) is 10.6. The summed E-state index contributed by atoms with van der Waals surface area (Å²) in [5.74, 6) is -0.0126. The van der Waals surface area contributed by atoms with Gasteiger partial charge >= 0.3 is 11.9 Å². The number of benzene rings is 2. The van der Waals surface area contributed by atoms with Gasteiger partial charge in [-0.15, -0.1) is 0 Å². The highest BCUT2D eigenvalue weighted by molar-refractivity contribution is 6.12. The molecule has 32 heavy (non-hydrogen) atoms. The number of carbonyl (C=O) groups excluding carboxylic acids is 2. The number of nitrogens with zero attached hydrogens (tertiary/aromatic N) is 1. The molecule has 1 aromatic heterocycles. The third kappa shape index (κ3) is 4.85. The minimum absolute atomic E-state index is 0.0466. The van der Waals surface area contributed by atoms with E-state index in [4.69, 9.17) is 18.9 Å². The number of hydrogen-bond acceptors (Lipinski definition) is 7.